The van der Waals surface area contributed by atoms with E-state index in [9.17, 15) is 14.4 Å². The first-order valence-electron chi connectivity index (χ1n) is 23.5. The summed E-state index contributed by atoms with van der Waals surface area (Å²) in [7, 11) is 0. The highest BCUT2D eigenvalue weighted by Crippen LogP contribution is 2.26. The van der Waals surface area contributed by atoms with Crippen LogP contribution >= 0.6 is 0 Å². The molecule has 376 valence electrons. The number of anilines is 1. The fourth-order valence-electron chi connectivity index (χ4n) is 5.97. The van der Waals surface area contributed by atoms with Crippen LogP contribution in [0.5, 0.6) is 0 Å². The van der Waals surface area contributed by atoms with Crippen LogP contribution in [-0.2, 0) is 77.8 Å². The quantitative estimate of drug-likeness (QED) is 0.0745. The minimum absolute atomic E-state index is 0.0825. The van der Waals surface area contributed by atoms with Gasteiger partial charge in [-0.05, 0) is 23.8 Å². The van der Waals surface area contributed by atoms with E-state index in [4.69, 9.17) is 56.8 Å². The summed E-state index contributed by atoms with van der Waals surface area (Å²) in [5.74, 6) is 6.26. The number of nitrogens with zero attached hydrogens (tertiary/aromatic N) is 1. The minimum atomic E-state index is -0.324. The molecule has 0 spiro atoms. The Balaban J connectivity index is 0.956. The molecule has 17 nitrogen and oxygen atoms in total. The van der Waals surface area contributed by atoms with E-state index < -0.39 is 0 Å². The van der Waals surface area contributed by atoms with Crippen LogP contribution < -0.4 is 10.2 Å². The van der Waals surface area contributed by atoms with Crippen molar-refractivity contribution in [3.05, 3.63) is 65.2 Å². The number of amides is 2. The Labute approximate surface area is 398 Å². The SMILES string of the molecule is CC(C)(C)C(=O)CCOCCOCCOCCOCCOCCOCCOCCOCCOCCOCCOCCOCCNC(=O)CCC(=O)N1Cc2ccccc2C#Cc2ccccc21. The molecule has 2 aromatic rings. The number of hydrogen-bond donors (Lipinski definition) is 1. The predicted molar refractivity (Wildman–Crippen MR) is 251 cm³/mol. The Morgan fingerprint density at radius 3 is 1.25 bits per heavy atom. The van der Waals surface area contributed by atoms with Gasteiger partial charge in [0.25, 0.3) is 0 Å². The molecule has 2 amide bonds. The highest BCUT2D eigenvalue weighted by molar-refractivity contribution is 5.97. The first-order chi connectivity index (χ1) is 32.8. The van der Waals surface area contributed by atoms with E-state index in [0.717, 1.165) is 22.4 Å². The molecule has 0 unspecified atom stereocenters. The maximum absolute atomic E-state index is 13.3. The standard InChI is InChI=1S/C50H76N2O15/c1-50(2,3)47(53)16-18-56-20-22-58-24-26-60-28-30-62-32-34-64-36-38-66-40-41-67-39-37-65-35-33-63-31-29-61-27-25-59-23-21-57-19-17-51-48(54)14-15-49(55)52-42-45-10-5-4-8-43(45)12-13-44-9-6-7-11-46(44)52/h4-11H,14-42H2,1-3H3,(H,51,54). The third-order valence-electron chi connectivity index (χ3n) is 9.71. The monoisotopic (exact) mass is 945 g/mol. The van der Waals surface area contributed by atoms with E-state index >= 15 is 0 Å². The molecule has 0 radical (unpaired) electrons. The van der Waals surface area contributed by atoms with Crippen molar-refractivity contribution in [3.63, 3.8) is 0 Å². The second-order valence-electron chi connectivity index (χ2n) is 16.0. The third kappa shape index (κ3) is 28.9. The third-order valence-corrected chi connectivity index (χ3v) is 9.71. The number of para-hydroxylation sites is 1. The van der Waals surface area contributed by atoms with Gasteiger partial charge in [0.15, 0.2) is 0 Å². The zero-order chi connectivity index (χ0) is 47.9. The van der Waals surface area contributed by atoms with Crippen molar-refractivity contribution in [1.29, 1.82) is 0 Å². The first kappa shape index (κ1) is 57.4. The van der Waals surface area contributed by atoms with Crippen LogP contribution in [0.3, 0.4) is 0 Å². The summed E-state index contributed by atoms with van der Waals surface area (Å²) in [6.07, 6.45) is 0.590. The Kier molecular flexibility index (Phi) is 32.6. The molecule has 3 rings (SSSR count). The molecule has 1 heterocycles. The molecule has 0 aliphatic carbocycles. The highest BCUT2D eigenvalue weighted by atomic mass is 16.6. The maximum atomic E-state index is 13.3. The van der Waals surface area contributed by atoms with Crippen molar-refractivity contribution in [2.24, 2.45) is 5.41 Å². The lowest BCUT2D eigenvalue weighted by Crippen LogP contribution is -2.34. The number of nitrogens with one attached hydrogen (secondary N) is 1. The van der Waals surface area contributed by atoms with Gasteiger partial charge in [0, 0.05) is 42.3 Å². The molecule has 0 bridgehead atoms. The first-order valence-corrected chi connectivity index (χ1v) is 23.5. The maximum Gasteiger partial charge on any atom is 0.227 e. The molecule has 1 N–H and O–H groups in total. The van der Waals surface area contributed by atoms with Gasteiger partial charge in [0.05, 0.1) is 171 Å². The predicted octanol–water partition coefficient (Wildman–Crippen LogP) is 4.03. The molecular weight excluding hydrogens is 869 g/mol. The molecule has 67 heavy (non-hydrogen) atoms. The van der Waals surface area contributed by atoms with Gasteiger partial charge in [0.1, 0.15) is 5.78 Å². The molecule has 1 aliphatic heterocycles. The number of carbonyl (C=O) groups is 3. The van der Waals surface area contributed by atoms with Crippen molar-refractivity contribution >= 4 is 23.3 Å². The Bertz CT molecular complexity index is 1680. The summed E-state index contributed by atoms with van der Waals surface area (Å²) in [6.45, 7) is 17.5. The number of benzene rings is 2. The van der Waals surface area contributed by atoms with Crippen LogP contribution in [0.25, 0.3) is 0 Å². The average Bonchev–Trinajstić information content (AvgIpc) is 3.31. The van der Waals surface area contributed by atoms with E-state index in [1.165, 1.54) is 0 Å². The summed E-state index contributed by atoms with van der Waals surface area (Å²) in [5, 5.41) is 2.82. The zero-order valence-corrected chi connectivity index (χ0v) is 40.2. The van der Waals surface area contributed by atoms with E-state index in [0.29, 0.717) is 178 Å². The van der Waals surface area contributed by atoms with Gasteiger partial charge in [-0.3, -0.25) is 14.4 Å². The van der Waals surface area contributed by atoms with E-state index in [-0.39, 0.29) is 35.9 Å². The van der Waals surface area contributed by atoms with Gasteiger partial charge in [-0.1, -0.05) is 62.9 Å². The van der Waals surface area contributed by atoms with Crippen LogP contribution in [0, 0.1) is 17.3 Å². The summed E-state index contributed by atoms with van der Waals surface area (Å²) >= 11 is 0. The highest BCUT2D eigenvalue weighted by Gasteiger charge is 2.22. The van der Waals surface area contributed by atoms with Gasteiger partial charge in [-0.15, -0.1) is 0 Å². The Hall–Kier alpha value is -3.87. The number of hydrogen-bond acceptors (Lipinski definition) is 15. The molecule has 0 aromatic heterocycles. The van der Waals surface area contributed by atoms with Gasteiger partial charge in [-0.2, -0.15) is 0 Å². The van der Waals surface area contributed by atoms with Gasteiger partial charge < -0.3 is 67.1 Å². The normalized spacial score (nSPS) is 12.2. The number of ketones is 1. The summed E-state index contributed by atoms with van der Waals surface area (Å²) in [5.41, 5.74) is 3.07. The zero-order valence-electron chi connectivity index (χ0n) is 40.2. The van der Waals surface area contributed by atoms with Crippen LogP contribution in [0.1, 0.15) is 56.7 Å². The number of rotatable bonds is 42. The Morgan fingerprint density at radius 1 is 0.463 bits per heavy atom. The number of ether oxygens (including phenoxy) is 12. The van der Waals surface area contributed by atoms with Crippen molar-refractivity contribution in [2.45, 2.75) is 46.6 Å². The van der Waals surface area contributed by atoms with E-state index in [1.54, 1.807) is 4.90 Å². The molecule has 0 saturated carbocycles. The second kappa shape index (κ2) is 38.0. The number of carbonyl (C=O) groups excluding carboxylic acids is 3. The lowest BCUT2D eigenvalue weighted by atomic mass is 9.89. The van der Waals surface area contributed by atoms with Crippen molar-refractivity contribution in [3.8, 4) is 11.8 Å². The van der Waals surface area contributed by atoms with Crippen molar-refractivity contribution in [1.82, 2.24) is 5.32 Å². The number of fused-ring (bicyclic) bond motifs is 2. The largest absolute Gasteiger partial charge is 0.379 e. The lowest BCUT2D eigenvalue weighted by Gasteiger charge is -2.26. The Morgan fingerprint density at radius 2 is 0.821 bits per heavy atom. The van der Waals surface area contributed by atoms with Crippen LogP contribution in [0.4, 0.5) is 5.69 Å². The summed E-state index contributed by atoms with van der Waals surface area (Å²) in [4.78, 5) is 39.3. The lowest BCUT2D eigenvalue weighted by molar-refractivity contribution is -0.127. The molecule has 0 saturated heterocycles. The van der Waals surface area contributed by atoms with Crippen molar-refractivity contribution < 1.29 is 71.2 Å². The molecule has 1 aliphatic rings. The van der Waals surface area contributed by atoms with Crippen molar-refractivity contribution in [2.75, 3.05) is 170 Å². The topological polar surface area (TPSA) is 177 Å². The second-order valence-corrected chi connectivity index (χ2v) is 16.0. The molecule has 0 atom stereocenters. The number of Topliss-reactive ketones (excluding diaryl/α,β-unsaturated/α-hetero) is 1. The van der Waals surface area contributed by atoms with E-state index in [1.807, 2.05) is 69.3 Å². The molecule has 0 fully saturated rings. The van der Waals surface area contributed by atoms with Gasteiger partial charge in [0.2, 0.25) is 11.8 Å². The van der Waals surface area contributed by atoms with Gasteiger partial charge in [-0.25, -0.2) is 0 Å². The summed E-state index contributed by atoms with van der Waals surface area (Å²) < 4.78 is 66.0. The fraction of sp³-hybridized carbons (Fsp3) is 0.660. The van der Waals surface area contributed by atoms with Crippen LogP contribution in [0.15, 0.2) is 48.5 Å². The molecule has 2 aromatic carbocycles. The smallest absolute Gasteiger partial charge is 0.227 e. The minimum Gasteiger partial charge on any atom is -0.379 e. The summed E-state index contributed by atoms with van der Waals surface area (Å²) in [6, 6.07) is 15.4. The fourth-order valence-corrected chi connectivity index (χ4v) is 5.97. The average molecular weight is 945 g/mol. The van der Waals surface area contributed by atoms with Gasteiger partial charge >= 0.3 is 0 Å². The van der Waals surface area contributed by atoms with Crippen LogP contribution in [0.2, 0.25) is 0 Å². The van der Waals surface area contributed by atoms with E-state index in [2.05, 4.69) is 17.2 Å². The molecule has 17 heteroatoms. The van der Waals surface area contributed by atoms with Crippen LogP contribution in [-0.4, -0.2) is 183 Å². The molecular formula is C50H76N2O15.